The minimum absolute atomic E-state index is 0.0217. The summed E-state index contributed by atoms with van der Waals surface area (Å²) in [5.41, 5.74) is 0.683. The predicted octanol–water partition coefficient (Wildman–Crippen LogP) is 0.789. The van der Waals surface area contributed by atoms with Gasteiger partial charge in [-0.2, -0.15) is 0 Å². The molecule has 140 valence electrons. The third-order valence-electron chi connectivity index (χ3n) is 5.51. The first-order valence-electron chi connectivity index (χ1n) is 9.22. The topological polar surface area (TPSA) is 79.4 Å². The van der Waals surface area contributed by atoms with Crippen LogP contribution in [-0.2, 0) is 20.1 Å². The van der Waals surface area contributed by atoms with Gasteiger partial charge in [0.15, 0.2) is 11.6 Å². The van der Waals surface area contributed by atoms with Gasteiger partial charge >= 0.3 is 0 Å². The number of aryl methyl sites for hydroxylation is 1. The Morgan fingerprint density at radius 2 is 2.12 bits per heavy atom. The van der Waals surface area contributed by atoms with Gasteiger partial charge < -0.3 is 19.1 Å². The monoisotopic (exact) mass is 358 g/mol. The molecule has 1 saturated heterocycles. The highest BCUT2D eigenvalue weighted by atomic mass is 16.3. The number of hydrogen-bond donors (Lipinski definition) is 1. The average molecular weight is 358 g/mol. The molecule has 2 aromatic heterocycles. The molecule has 0 spiro atoms. The number of likely N-dealkylation sites (tertiary alicyclic amines) is 1. The van der Waals surface area contributed by atoms with Gasteiger partial charge in [0.2, 0.25) is 0 Å². The molecule has 8 nitrogen and oxygen atoms in total. The van der Waals surface area contributed by atoms with Crippen molar-refractivity contribution >= 4 is 5.91 Å². The van der Waals surface area contributed by atoms with Gasteiger partial charge in [-0.1, -0.05) is 0 Å². The number of hydrogen-bond acceptors (Lipinski definition) is 5. The second-order valence-electron chi connectivity index (χ2n) is 7.55. The molecular weight excluding hydrogens is 332 g/mol. The minimum atomic E-state index is -0.325. The van der Waals surface area contributed by atoms with Crippen molar-refractivity contribution < 1.29 is 9.90 Å². The molecule has 4 heterocycles. The van der Waals surface area contributed by atoms with Crippen molar-refractivity contribution in [1.29, 1.82) is 0 Å². The summed E-state index contributed by atoms with van der Waals surface area (Å²) in [4.78, 5) is 16.9. The van der Waals surface area contributed by atoms with Gasteiger partial charge in [-0.25, -0.2) is 0 Å². The van der Waals surface area contributed by atoms with E-state index in [0.717, 1.165) is 11.6 Å². The Balaban J connectivity index is 1.56. The number of aliphatic hydroxyl groups is 1. The second kappa shape index (κ2) is 6.51. The largest absolute Gasteiger partial charge is 0.392 e. The number of aromatic nitrogens is 4. The van der Waals surface area contributed by atoms with E-state index < -0.39 is 0 Å². The molecule has 0 saturated carbocycles. The summed E-state index contributed by atoms with van der Waals surface area (Å²) in [5.74, 6) is 1.75. The van der Waals surface area contributed by atoms with Gasteiger partial charge in [-0.15, -0.1) is 10.2 Å². The molecule has 0 unspecified atom stereocenters. The first-order chi connectivity index (χ1) is 12.5. The van der Waals surface area contributed by atoms with Gasteiger partial charge in [0.05, 0.1) is 18.7 Å². The highest BCUT2D eigenvalue weighted by Gasteiger charge is 2.38. The van der Waals surface area contributed by atoms with Crippen LogP contribution in [0.3, 0.4) is 0 Å². The molecule has 8 heteroatoms. The van der Waals surface area contributed by atoms with Crippen molar-refractivity contribution in [2.45, 2.75) is 51.5 Å². The number of amides is 1. The molecule has 2 aromatic rings. The van der Waals surface area contributed by atoms with Crippen LogP contribution in [0.25, 0.3) is 0 Å². The fourth-order valence-corrected chi connectivity index (χ4v) is 4.11. The van der Waals surface area contributed by atoms with E-state index in [9.17, 15) is 9.90 Å². The summed E-state index contributed by atoms with van der Waals surface area (Å²) >= 11 is 0. The zero-order valence-corrected chi connectivity index (χ0v) is 15.5. The molecule has 0 radical (unpaired) electrons. The Labute approximate surface area is 153 Å². The van der Waals surface area contributed by atoms with Gasteiger partial charge in [0.1, 0.15) is 5.69 Å². The number of carbonyl (C=O) groups is 1. The lowest BCUT2D eigenvalue weighted by molar-refractivity contribution is 0.0694. The normalized spacial score (nSPS) is 23.7. The number of carbonyl (C=O) groups excluding carboxylic acids is 1. The maximum Gasteiger partial charge on any atom is 0.270 e. The molecule has 26 heavy (non-hydrogen) atoms. The van der Waals surface area contributed by atoms with Crippen molar-refractivity contribution in [3.05, 3.63) is 35.7 Å². The van der Waals surface area contributed by atoms with Crippen LogP contribution in [0.1, 0.15) is 48.4 Å². The first-order valence-corrected chi connectivity index (χ1v) is 9.22. The van der Waals surface area contributed by atoms with E-state index in [1.165, 1.54) is 0 Å². The smallest absolute Gasteiger partial charge is 0.270 e. The number of rotatable bonds is 3. The Bertz CT molecular complexity index is 810. The standard InChI is InChI=1S/C18H26N6O2/c1-12(2)24-10-13(25)9-15(24)17-20-19-16-11-22(7-8-23(16)17)18(26)14-5-4-6-21(14)3/h4-6,12-13,15,25H,7-11H2,1-3H3/t13-,15+/m1/s1. The van der Waals surface area contributed by atoms with Gasteiger partial charge in [-0.3, -0.25) is 9.69 Å². The summed E-state index contributed by atoms with van der Waals surface area (Å²) in [5, 5.41) is 18.9. The molecule has 0 aromatic carbocycles. The van der Waals surface area contributed by atoms with E-state index in [1.807, 2.05) is 34.8 Å². The van der Waals surface area contributed by atoms with Gasteiger partial charge in [0.25, 0.3) is 5.91 Å². The second-order valence-corrected chi connectivity index (χ2v) is 7.55. The average Bonchev–Trinajstić information content (AvgIpc) is 3.31. The molecule has 0 bridgehead atoms. The molecule has 2 atom stereocenters. The molecule has 2 aliphatic rings. The highest BCUT2D eigenvalue weighted by molar-refractivity contribution is 5.92. The molecule has 4 rings (SSSR count). The van der Waals surface area contributed by atoms with Crippen molar-refractivity contribution in [3.63, 3.8) is 0 Å². The van der Waals surface area contributed by atoms with Crippen LogP contribution >= 0.6 is 0 Å². The maximum absolute atomic E-state index is 12.7. The SMILES string of the molecule is CC(C)N1C[C@H](O)C[C@H]1c1nnc2n1CCN(C(=O)c1cccn1C)C2. The van der Waals surface area contributed by atoms with E-state index in [1.54, 1.807) is 0 Å². The van der Waals surface area contributed by atoms with Gasteiger partial charge in [0, 0.05) is 38.9 Å². The Hall–Kier alpha value is -2.19. The summed E-state index contributed by atoms with van der Waals surface area (Å²) in [6.07, 6.45) is 2.24. The first kappa shape index (κ1) is 17.2. The lowest BCUT2D eigenvalue weighted by atomic mass is 10.1. The lowest BCUT2D eigenvalue weighted by Crippen LogP contribution is -2.40. The molecular formula is C18H26N6O2. The van der Waals surface area contributed by atoms with Crippen LogP contribution in [-0.4, -0.2) is 65.4 Å². The summed E-state index contributed by atoms with van der Waals surface area (Å²) in [6, 6.07) is 4.14. The molecule has 1 N–H and O–H groups in total. The fourth-order valence-electron chi connectivity index (χ4n) is 4.11. The van der Waals surface area contributed by atoms with E-state index in [2.05, 4.69) is 33.5 Å². The highest BCUT2D eigenvalue weighted by Crippen LogP contribution is 2.33. The molecule has 0 aliphatic carbocycles. The summed E-state index contributed by atoms with van der Waals surface area (Å²) < 4.78 is 3.97. The van der Waals surface area contributed by atoms with Crippen LogP contribution in [0.5, 0.6) is 0 Å². The van der Waals surface area contributed by atoms with E-state index in [-0.39, 0.29) is 18.1 Å². The zero-order chi connectivity index (χ0) is 18.4. The van der Waals surface area contributed by atoms with Crippen molar-refractivity contribution in [3.8, 4) is 0 Å². The summed E-state index contributed by atoms with van der Waals surface area (Å²) in [6.45, 7) is 6.74. The maximum atomic E-state index is 12.7. The Morgan fingerprint density at radius 3 is 2.81 bits per heavy atom. The Morgan fingerprint density at radius 1 is 1.31 bits per heavy atom. The van der Waals surface area contributed by atoms with Crippen LogP contribution in [0.2, 0.25) is 0 Å². The van der Waals surface area contributed by atoms with Crippen molar-refractivity contribution in [1.82, 2.24) is 29.1 Å². The molecule has 1 fully saturated rings. The summed E-state index contributed by atoms with van der Waals surface area (Å²) in [7, 11) is 1.88. The molecule has 1 amide bonds. The lowest BCUT2D eigenvalue weighted by Gasteiger charge is -2.31. The number of fused-ring (bicyclic) bond motifs is 1. The fraction of sp³-hybridized carbons (Fsp3) is 0.611. The van der Waals surface area contributed by atoms with E-state index >= 15 is 0 Å². The Kier molecular flexibility index (Phi) is 4.32. The third-order valence-corrected chi connectivity index (χ3v) is 5.51. The number of aliphatic hydroxyl groups excluding tert-OH is 1. The third kappa shape index (κ3) is 2.83. The number of nitrogens with zero attached hydrogens (tertiary/aromatic N) is 6. The van der Waals surface area contributed by atoms with Gasteiger partial charge in [-0.05, 0) is 32.4 Å². The minimum Gasteiger partial charge on any atom is -0.392 e. The zero-order valence-electron chi connectivity index (χ0n) is 15.5. The van der Waals surface area contributed by atoms with Crippen LogP contribution in [0.15, 0.2) is 18.3 Å². The number of β-amino-alcohol motifs (C(OH)–C–C–N with tert-alkyl or cyclic N) is 1. The predicted molar refractivity (Wildman–Crippen MR) is 95.4 cm³/mol. The van der Waals surface area contributed by atoms with Crippen molar-refractivity contribution in [2.24, 2.45) is 7.05 Å². The van der Waals surface area contributed by atoms with Crippen LogP contribution < -0.4 is 0 Å². The van der Waals surface area contributed by atoms with Crippen LogP contribution in [0.4, 0.5) is 0 Å². The van der Waals surface area contributed by atoms with E-state index in [4.69, 9.17) is 0 Å². The molecule has 2 aliphatic heterocycles. The van der Waals surface area contributed by atoms with Crippen molar-refractivity contribution in [2.75, 3.05) is 13.1 Å². The van der Waals surface area contributed by atoms with Crippen LogP contribution in [0, 0.1) is 0 Å². The quantitative estimate of drug-likeness (QED) is 0.878. The van der Waals surface area contributed by atoms with E-state index in [0.29, 0.717) is 44.3 Å².